The van der Waals surface area contributed by atoms with Gasteiger partial charge >= 0.3 is 0 Å². The lowest BCUT2D eigenvalue weighted by molar-refractivity contribution is 1.30. The number of benzene rings is 9. The lowest BCUT2D eigenvalue weighted by Crippen LogP contribution is -2.10. The summed E-state index contributed by atoms with van der Waals surface area (Å²) in [7, 11) is 0. The Labute approximate surface area is 294 Å². The van der Waals surface area contributed by atoms with Gasteiger partial charge in [-0.2, -0.15) is 0 Å². The zero-order valence-electron chi connectivity index (χ0n) is 27.3. The molecule has 1 heterocycles. The quantitative estimate of drug-likeness (QED) is 0.179. The molecular formula is C48H31NS. The second-order valence-electron chi connectivity index (χ2n) is 12.9. The van der Waals surface area contributed by atoms with Crippen LogP contribution >= 0.6 is 11.3 Å². The van der Waals surface area contributed by atoms with Gasteiger partial charge in [-0.15, -0.1) is 11.3 Å². The lowest BCUT2D eigenvalue weighted by atomic mass is 9.97. The van der Waals surface area contributed by atoms with E-state index in [-0.39, 0.29) is 0 Å². The molecular weight excluding hydrogens is 623 g/mol. The number of fused-ring (bicyclic) bond motifs is 7. The average molecular weight is 654 g/mol. The van der Waals surface area contributed by atoms with Crippen molar-refractivity contribution >= 4 is 80.9 Å². The normalized spacial score (nSPS) is 11.6. The van der Waals surface area contributed by atoms with Crippen molar-refractivity contribution in [1.82, 2.24) is 0 Å². The van der Waals surface area contributed by atoms with Gasteiger partial charge in [0.25, 0.3) is 0 Å². The lowest BCUT2D eigenvalue weighted by Gasteiger charge is -2.27. The first-order chi connectivity index (χ1) is 24.8. The van der Waals surface area contributed by atoms with E-state index in [4.69, 9.17) is 0 Å². The fraction of sp³-hybridized carbons (Fsp3) is 0. The van der Waals surface area contributed by atoms with E-state index in [1.54, 1.807) is 0 Å². The summed E-state index contributed by atoms with van der Waals surface area (Å²) in [5.74, 6) is 0. The summed E-state index contributed by atoms with van der Waals surface area (Å²) in [6.07, 6.45) is 0. The number of hydrogen-bond acceptors (Lipinski definition) is 2. The highest BCUT2D eigenvalue weighted by Gasteiger charge is 2.20. The summed E-state index contributed by atoms with van der Waals surface area (Å²) in [5.41, 5.74) is 8.34. The Morgan fingerprint density at radius 1 is 0.340 bits per heavy atom. The minimum Gasteiger partial charge on any atom is -0.310 e. The van der Waals surface area contributed by atoms with Crippen molar-refractivity contribution in [2.24, 2.45) is 0 Å². The molecule has 0 saturated heterocycles. The molecule has 1 nitrogen and oxygen atoms in total. The van der Waals surface area contributed by atoms with Gasteiger partial charge in [-0.3, -0.25) is 0 Å². The SMILES string of the molecule is c1ccc2c(-c3ccc(N(c4ccc(-c5cccc6ccccc56)cc4)c4cc5sc6ccccc6c5c5ccccc45)cc3)cccc2c1. The standard InChI is InChI=1S/C48H31NS/c1-3-15-38-32(11-1)13-9-20-40(38)34-23-27-36(28-24-34)49(37-29-25-35(26-30-37)41-21-10-14-33-12-2-4-16-39(33)41)45-31-47-48(43-18-6-5-17-42(43)45)44-19-7-8-22-46(44)50-47/h1-31H. The second-order valence-corrected chi connectivity index (χ2v) is 14.0. The molecule has 0 amide bonds. The largest absolute Gasteiger partial charge is 0.310 e. The summed E-state index contributed by atoms with van der Waals surface area (Å²) in [5, 5.41) is 10.2. The highest BCUT2D eigenvalue weighted by molar-refractivity contribution is 7.26. The predicted octanol–water partition coefficient (Wildman–Crippen LogP) is 14.3. The molecule has 0 atom stereocenters. The Morgan fingerprint density at radius 2 is 0.800 bits per heavy atom. The van der Waals surface area contributed by atoms with E-state index in [0.29, 0.717) is 0 Å². The first-order valence-electron chi connectivity index (χ1n) is 17.1. The Morgan fingerprint density at radius 3 is 1.38 bits per heavy atom. The fourth-order valence-corrected chi connectivity index (χ4v) is 8.87. The summed E-state index contributed by atoms with van der Waals surface area (Å²) in [6.45, 7) is 0. The molecule has 10 aromatic rings. The summed E-state index contributed by atoms with van der Waals surface area (Å²) >= 11 is 1.87. The van der Waals surface area contributed by atoms with E-state index >= 15 is 0 Å². The van der Waals surface area contributed by atoms with Crippen molar-refractivity contribution in [2.45, 2.75) is 0 Å². The van der Waals surface area contributed by atoms with Crippen LogP contribution in [-0.4, -0.2) is 0 Å². The summed E-state index contributed by atoms with van der Waals surface area (Å²) < 4.78 is 2.61. The van der Waals surface area contributed by atoms with E-state index in [0.717, 1.165) is 11.4 Å². The Bertz CT molecular complexity index is 2730. The maximum Gasteiger partial charge on any atom is 0.0554 e. The molecule has 0 N–H and O–H groups in total. The highest BCUT2D eigenvalue weighted by atomic mass is 32.1. The maximum atomic E-state index is 2.44. The third-order valence-electron chi connectivity index (χ3n) is 10.1. The minimum atomic E-state index is 1.12. The number of hydrogen-bond donors (Lipinski definition) is 0. The molecule has 10 rings (SSSR count). The van der Waals surface area contributed by atoms with E-state index in [1.807, 2.05) is 11.3 Å². The van der Waals surface area contributed by atoms with Gasteiger partial charge in [0.2, 0.25) is 0 Å². The summed E-state index contributed by atoms with van der Waals surface area (Å²) in [4.78, 5) is 2.44. The van der Waals surface area contributed by atoms with Gasteiger partial charge < -0.3 is 4.90 Å². The first kappa shape index (κ1) is 28.8. The molecule has 0 saturated carbocycles. The van der Waals surface area contributed by atoms with Crippen LogP contribution in [0.1, 0.15) is 0 Å². The van der Waals surface area contributed by atoms with Crippen LogP contribution in [0.3, 0.4) is 0 Å². The van der Waals surface area contributed by atoms with Crippen molar-refractivity contribution in [2.75, 3.05) is 4.90 Å². The molecule has 234 valence electrons. The molecule has 50 heavy (non-hydrogen) atoms. The molecule has 0 aliphatic rings. The van der Waals surface area contributed by atoms with Crippen LogP contribution in [0.4, 0.5) is 17.1 Å². The first-order valence-corrected chi connectivity index (χ1v) is 17.9. The molecule has 0 bridgehead atoms. The minimum absolute atomic E-state index is 1.12. The number of rotatable bonds is 5. The van der Waals surface area contributed by atoms with Crippen molar-refractivity contribution in [3.63, 3.8) is 0 Å². The van der Waals surface area contributed by atoms with Crippen LogP contribution in [0.25, 0.3) is 74.7 Å². The number of anilines is 3. The smallest absolute Gasteiger partial charge is 0.0554 e. The zero-order valence-corrected chi connectivity index (χ0v) is 28.1. The monoisotopic (exact) mass is 653 g/mol. The van der Waals surface area contributed by atoms with Crippen molar-refractivity contribution in [3.05, 3.63) is 188 Å². The van der Waals surface area contributed by atoms with Crippen LogP contribution in [0.2, 0.25) is 0 Å². The van der Waals surface area contributed by atoms with Crippen LogP contribution in [0.15, 0.2) is 188 Å². The van der Waals surface area contributed by atoms with E-state index in [2.05, 4.69) is 193 Å². The van der Waals surface area contributed by atoms with Gasteiger partial charge in [-0.1, -0.05) is 152 Å². The molecule has 9 aromatic carbocycles. The van der Waals surface area contributed by atoms with Gasteiger partial charge in [0.1, 0.15) is 0 Å². The molecule has 0 spiro atoms. The van der Waals surface area contributed by atoms with Gasteiger partial charge in [0.05, 0.1) is 5.69 Å². The predicted molar refractivity (Wildman–Crippen MR) is 217 cm³/mol. The highest BCUT2D eigenvalue weighted by Crippen LogP contribution is 2.47. The molecule has 1 aromatic heterocycles. The Hall–Kier alpha value is -6.22. The van der Waals surface area contributed by atoms with E-state index in [9.17, 15) is 0 Å². The molecule has 0 fully saturated rings. The third-order valence-corrected chi connectivity index (χ3v) is 11.2. The fourth-order valence-electron chi connectivity index (χ4n) is 7.72. The van der Waals surface area contributed by atoms with Gasteiger partial charge in [-0.05, 0) is 85.6 Å². The van der Waals surface area contributed by atoms with Crippen molar-refractivity contribution in [3.8, 4) is 22.3 Å². The molecule has 2 heteroatoms. The van der Waals surface area contributed by atoms with Crippen LogP contribution in [0, 0.1) is 0 Å². The van der Waals surface area contributed by atoms with Crippen LogP contribution in [-0.2, 0) is 0 Å². The third kappa shape index (κ3) is 4.69. The molecule has 0 aliphatic heterocycles. The van der Waals surface area contributed by atoms with E-state index in [1.165, 1.54) is 80.4 Å². The van der Waals surface area contributed by atoms with Crippen LogP contribution in [0.5, 0.6) is 0 Å². The number of thiophene rings is 1. The van der Waals surface area contributed by atoms with Crippen molar-refractivity contribution in [1.29, 1.82) is 0 Å². The van der Waals surface area contributed by atoms with Crippen LogP contribution < -0.4 is 4.90 Å². The molecule has 0 unspecified atom stereocenters. The molecule has 0 aliphatic carbocycles. The van der Waals surface area contributed by atoms with Gasteiger partial charge in [-0.25, -0.2) is 0 Å². The average Bonchev–Trinajstić information content (AvgIpc) is 3.57. The van der Waals surface area contributed by atoms with Crippen molar-refractivity contribution < 1.29 is 0 Å². The number of nitrogens with zero attached hydrogens (tertiary/aromatic N) is 1. The summed E-state index contributed by atoms with van der Waals surface area (Å²) in [6, 6.07) is 68.7. The maximum absolute atomic E-state index is 2.44. The molecule has 0 radical (unpaired) electrons. The zero-order chi connectivity index (χ0) is 33.0. The topological polar surface area (TPSA) is 3.24 Å². The van der Waals surface area contributed by atoms with E-state index < -0.39 is 0 Å². The Kier molecular flexibility index (Phi) is 6.75. The van der Waals surface area contributed by atoms with Gasteiger partial charge in [0, 0.05) is 36.9 Å². The second kappa shape index (κ2) is 11.7. The van der Waals surface area contributed by atoms with Gasteiger partial charge in [0.15, 0.2) is 0 Å². The Balaban J connectivity index is 1.17.